The summed E-state index contributed by atoms with van der Waals surface area (Å²) in [6.45, 7) is 0.142. The fourth-order valence-corrected chi connectivity index (χ4v) is 4.33. The number of hydrogen-bond donors (Lipinski definition) is 1. The third-order valence-corrected chi connectivity index (χ3v) is 6.20. The summed E-state index contributed by atoms with van der Waals surface area (Å²) in [6, 6.07) is 22.3. The maximum absolute atomic E-state index is 12.8. The lowest BCUT2D eigenvalue weighted by Gasteiger charge is -2.22. The van der Waals surface area contributed by atoms with E-state index in [1.165, 1.54) is 11.4 Å². The average Bonchev–Trinajstić information content (AvgIpc) is 2.82. The number of carbonyl (C=O) groups excluding carboxylic acids is 2. The minimum atomic E-state index is -3.53. The molecule has 3 aromatic carbocycles. The van der Waals surface area contributed by atoms with Crippen molar-refractivity contribution >= 4 is 33.1 Å². The lowest BCUT2D eigenvalue weighted by Crippen LogP contribution is -2.31. The van der Waals surface area contributed by atoms with E-state index in [0.29, 0.717) is 34.7 Å². The molecule has 0 fully saturated rings. The normalized spacial score (nSPS) is 11.0. The lowest BCUT2D eigenvalue weighted by atomic mass is 10.0. The monoisotopic (exact) mass is 466 g/mol. The first-order valence-corrected chi connectivity index (χ1v) is 12.2. The molecule has 7 nitrogen and oxygen atoms in total. The Morgan fingerprint density at radius 2 is 1.55 bits per heavy atom. The Hall–Kier alpha value is -3.65. The van der Waals surface area contributed by atoms with Gasteiger partial charge in [-0.15, -0.1) is 0 Å². The number of hydrogen-bond acceptors (Lipinski definition) is 5. The van der Waals surface area contributed by atoms with Crippen LogP contribution in [0.4, 0.5) is 11.4 Å². The minimum absolute atomic E-state index is 0.0933. The first-order chi connectivity index (χ1) is 15.8. The van der Waals surface area contributed by atoms with E-state index in [1.54, 1.807) is 72.8 Å². The molecule has 0 aliphatic heterocycles. The van der Waals surface area contributed by atoms with Crippen LogP contribution in [0.5, 0.6) is 5.75 Å². The molecule has 0 spiro atoms. The second kappa shape index (κ2) is 10.8. The van der Waals surface area contributed by atoms with Gasteiger partial charge in [0.1, 0.15) is 5.75 Å². The van der Waals surface area contributed by atoms with Crippen molar-refractivity contribution in [2.24, 2.45) is 0 Å². The fourth-order valence-electron chi connectivity index (χ4n) is 3.37. The van der Waals surface area contributed by atoms with Gasteiger partial charge in [-0.3, -0.25) is 13.9 Å². The number of benzene rings is 3. The van der Waals surface area contributed by atoms with Crippen molar-refractivity contribution in [3.63, 3.8) is 0 Å². The average molecular weight is 467 g/mol. The molecule has 0 heterocycles. The largest absolute Gasteiger partial charge is 0.497 e. The van der Waals surface area contributed by atoms with Crippen LogP contribution in [0.25, 0.3) is 0 Å². The van der Waals surface area contributed by atoms with Crippen molar-refractivity contribution in [2.45, 2.75) is 12.8 Å². The number of carbonyl (C=O) groups is 2. The Kier molecular flexibility index (Phi) is 7.84. The highest BCUT2D eigenvalue weighted by Gasteiger charge is 2.19. The van der Waals surface area contributed by atoms with E-state index in [9.17, 15) is 18.0 Å². The van der Waals surface area contributed by atoms with Crippen molar-refractivity contribution in [1.82, 2.24) is 0 Å². The van der Waals surface area contributed by atoms with E-state index in [1.807, 2.05) is 6.07 Å². The summed E-state index contributed by atoms with van der Waals surface area (Å²) < 4.78 is 30.9. The molecule has 0 saturated heterocycles. The van der Waals surface area contributed by atoms with Crippen LogP contribution in [0.2, 0.25) is 0 Å². The number of ether oxygens (including phenoxy) is 1. The zero-order chi connectivity index (χ0) is 23.8. The number of nitrogens with one attached hydrogen (secondary N) is 1. The summed E-state index contributed by atoms with van der Waals surface area (Å²) in [5.41, 5.74) is 1.85. The summed E-state index contributed by atoms with van der Waals surface area (Å²) in [6.07, 6.45) is 1.53. The molecular formula is C25H26N2O5S. The van der Waals surface area contributed by atoms with Gasteiger partial charge in [0.05, 0.1) is 24.7 Å². The van der Waals surface area contributed by atoms with Gasteiger partial charge in [-0.1, -0.05) is 42.5 Å². The van der Waals surface area contributed by atoms with Crippen molar-refractivity contribution in [3.05, 3.63) is 90.0 Å². The highest BCUT2D eigenvalue weighted by molar-refractivity contribution is 7.92. The van der Waals surface area contributed by atoms with Crippen LogP contribution in [-0.4, -0.2) is 40.0 Å². The minimum Gasteiger partial charge on any atom is -0.497 e. The molecule has 8 heteroatoms. The maximum atomic E-state index is 12.8. The third-order valence-electron chi connectivity index (χ3n) is 5.01. The SMILES string of the molecule is COc1ccc(N(CCCC(=O)Nc2ccccc2C(=O)c2ccccc2)S(C)(=O)=O)cc1. The Balaban J connectivity index is 1.65. The van der Waals surface area contributed by atoms with Gasteiger partial charge in [-0.05, 0) is 42.8 Å². The fraction of sp³-hybridized carbons (Fsp3) is 0.200. The molecule has 0 aliphatic carbocycles. The number of rotatable bonds is 10. The van der Waals surface area contributed by atoms with E-state index >= 15 is 0 Å². The van der Waals surface area contributed by atoms with Crippen LogP contribution < -0.4 is 14.4 Å². The second-order valence-corrected chi connectivity index (χ2v) is 9.33. The number of anilines is 2. The van der Waals surface area contributed by atoms with E-state index < -0.39 is 10.0 Å². The van der Waals surface area contributed by atoms with Crippen molar-refractivity contribution < 1.29 is 22.7 Å². The number of ketones is 1. The van der Waals surface area contributed by atoms with Gasteiger partial charge in [0.2, 0.25) is 15.9 Å². The predicted molar refractivity (Wildman–Crippen MR) is 129 cm³/mol. The second-order valence-electron chi connectivity index (χ2n) is 7.43. The highest BCUT2D eigenvalue weighted by atomic mass is 32.2. The molecule has 0 atom stereocenters. The summed E-state index contributed by atoms with van der Waals surface area (Å²) in [5.74, 6) is 0.135. The maximum Gasteiger partial charge on any atom is 0.232 e. The summed E-state index contributed by atoms with van der Waals surface area (Å²) in [4.78, 5) is 25.4. The number of sulfonamides is 1. The van der Waals surface area contributed by atoms with Crippen LogP contribution in [0, 0.1) is 0 Å². The molecule has 0 unspecified atom stereocenters. The van der Waals surface area contributed by atoms with E-state index in [2.05, 4.69) is 5.32 Å². The summed E-state index contributed by atoms with van der Waals surface area (Å²) in [7, 11) is -1.99. The Labute approximate surface area is 194 Å². The first-order valence-electron chi connectivity index (χ1n) is 10.4. The van der Waals surface area contributed by atoms with E-state index in [4.69, 9.17) is 4.74 Å². The molecule has 3 rings (SSSR count). The predicted octanol–water partition coefficient (Wildman–Crippen LogP) is 4.11. The lowest BCUT2D eigenvalue weighted by molar-refractivity contribution is -0.116. The van der Waals surface area contributed by atoms with Gasteiger partial charge in [-0.25, -0.2) is 8.42 Å². The van der Waals surface area contributed by atoms with Gasteiger partial charge in [0.25, 0.3) is 0 Å². The van der Waals surface area contributed by atoms with Crippen molar-refractivity contribution in [3.8, 4) is 5.75 Å². The molecule has 172 valence electrons. The molecule has 33 heavy (non-hydrogen) atoms. The van der Waals surface area contributed by atoms with E-state index in [0.717, 1.165) is 6.26 Å². The number of amides is 1. The van der Waals surface area contributed by atoms with Crippen molar-refractivity contribution in [1.29, 1.82) is 0 Å². The summed E-state index contributed by atoms with van der Waals surface area (Å²) in [5, 5.41) is 2.78. The zero-order valence-electron chi connectivity index (χ0n) is 18.5. The molecule has 3 aromatic rings. The Morgan fingerprint density at radius 3 is 2.18 bits per heavy atom. The van der Waals surface area contributed by atoms with Gasteiger partial charge in [-0.2, -0.15) is 0 Å². The zero-order valence-corrected chi connectivity index (χ0v) is 19.3. The Morgan fingerprint density at radius 1 is 0.909 bits per heavy atom. The molecule has 0 aromatic heterocycles. The van der Waals surface area contributed by atoms with Crippen molar-refractivity contribution in [2.75, 3.05) is 29.5 Å². The quantitative estimate of drug-likeness (QED) is 0.454. The number of nitrogens with zero attached hydrogens (tertiary/aromatic N) is 1. The standard InChI is InChI=1S/C25H26N2O5S/c1-32-21-16-14-20(15-17-21)27(33(2,30)31)18-8-13-24(28)26-23-12-7-6-11-22(23)25(29)19-9-4-3-5-10-19/h3-7,9-12,14-17H,8,13,18H2,1-2H3,(H,26,28). The molecule has 0 radical (unpaired) electrons. The molecule has 0 saturated carbocycles. The molecule has 1 amide bonds. The number of methoxy groups -OCH3 is 1. The Bertz CT molecular complexity index is 1210. The van der Waals surface area contributed by atoms with Crippen LogP contribution in [-0.2, 0) is 14.8 Å². The van der Waals surface area contributed by atoms with Gasteiger partial charge in [0.15, 0.2) is 5.78 Å². The van der Waals surface area contributed by atoms with E-state index in [-0.39, 0.29) is 24.7 Å². The molecule has 0 bridgehead atoms. The number of para-hydroxylation sites is 1. The van der Waals surface area contributed by atoms with Crippen LogP contribution in [0.1, 0.15) is 28.8 Å². The van der Waals surface area contributed by atoms with Crippen LogP contribution in [0.3, 0.4) is 0 Å². The smallest absolute Gasteiger partial charge is 0.232 e. The topological polar surface area (TPSA) is 92.8 Å². The van der Waals surface area contributed by atoms with Gasteiger partial charge >= 0.3 is 0 Å². The summed E-state index contributed by atoms with van der Waals surface area (Å²) >= 11 is 0. The molecule has 1 N–H and O–H groups in total. The first kappa shape index (κ1) is 24.0. The molecular weight excluding hydrogens is 440 g/mol. The highest BCUT2D eigenvalue weighted by Crippen LogP contribution is 2.23. The van der Waals surface area contributed by atoms with Crippen LogP contribution >= 0.6 is 0 Å². The third kappa shape index (κ3) is 6.43. The van der Waals surface area contributed by atoms with Gasteiger partial charge in [0, 0.05) is 24.1 Å². The molecule has 0 aliphatic rings. The van der Waals surface area contributed by atoms with Gasteiger partial charge < -0.3 is 10.1 Å². The van der Waals surface area contributed by atoms with Crippen LogP contribution in [0.15, 0.2) is 78.9 Å².